The summed E-state index contributed by atoms with van der Waals surface area (Å²) in [5.41, 5.74) is 0.916. The molecule has 1 amide bonds. The van der Waals surface area contributed by atoms with Gasteiger partial charge in [-0.2, -0.15) is 0 Å². The van der Waals surface area contributed by atoms with Crippen LogP contribution < -0.4 is 5.32 Å². The summed E-state index contributed by atoms with van der Waals surface area (Å²) >= 11 is 0. The molecule has 0 bridgehead atoms. The number of anilines is 1. The molecule has 2 aliphatic rings. The summed E-state index contributed by atoms with van der Waals surface area (Å²) in [6, 6.07) is 7.83. The van der Waals surface area contributed by atoms with E-state index in [1.807, 2.05) is 24.3 Å². The smallest absolute Gasteiger partial charge is 0.261 e. The van der Waals surface area contributed by atoms with Gasteiger partial charge in [0.2, 0.25) is 0 Å². The Kier molecular flexibility index (Phi) is 2.11. The number of benzene rings is 1. The van der Waals surface area contributed by atoms with Gasteiger partial charge in [0.15, 0.2) is 5.60 Å². The molecule has 3 rings (SSSR count). The Labute approximate surface area is 101 Å². The maximum absolute atomic E-state index is 12.3. The molecular formula is C14H17NO2. The third kappa shape index (κ3) is 1.49. The number of hydrogen-bond donors (Lipinski definition) is 1. The molecule has 1 aromatic rings. The van der Waals surface area contributed by atoms with E-state index in [0.29, 0.717) is 0 Å². The van der Waals surface area contributed by atoms with Gasteiger partial charge in [-0.05, 0) is 39.2 Å². The Hall–Kier alpha value is -1.35. The summed E-state index contributed by atoms with van der Waals surface area (Å²) in [6.07, 6.45) is 2.80. The Morgan fingerprint density at radius 2 is 2.00 bits per heavy atom. The highest BCUT2D eigenvalue weighted by Gasteiger charge is 2.52. The number of ether oxygens (including phenoxy) is 1. The Morgan fingerprint density at radius 1 is 1.24 bits per heavy atom. The Bertz CT molecular complexity index is 481. The van der Waals surface area contributed by atoms with Crippen molar-refractivity contribution in [2.45, 2.75) is 44.3 Å². The fourth-order valence-electron chi connectivity index (χ4n) is 2.98. The second-order valence-corrected chi connectivity index (χ2v) is 5.54. The van der Waals surface area contributed by atoms with Crippen LogP contribution in [0.3, 0.4) is 0 Å². The molecule has 0 aliphatic carbocycles. The molecule has 2 heterocycles. The van der Waals surface area contributed by atoms with Crippen LogP contribution in [0.4, 0.5) is 5.69 Å². The molecule has 1 fully saturated rings. The van der Waals surface area contributed by atoms with E-state index in [1.165, 1.54) is 0 Å². The molecule has 0 saturated carbocycles. The van der Waals surface area contributed by atoms with Crippen LogP contribution in [0.1, 0.15) is 38.7 Å². The number of hydrogen-bond acceptors (Lipinski definition) is 2. The van der Waals surface area contributed by atoms with E-state index in [1.54, 1.807) is 0 Å². The lowest BCUT2D eigenvalue weighted by Crippen LogP contribution is -2.47. The van der Waals surface area contributed by atoms with Crippen LogP contribution in [0.5, 0.6) is 0 Å². The first-order valence-corrected chi connectivity index (χ1v) is 6.15. The minimum Gasteiger partial charge on any atom is -0.354 e. The molecule has 3 nitrogen and oxygen atoms in total. The van der Waals surface area contributed by atoms with Gasteiger partial charge in [0.1, 0.15) is 0 Å². The third-order valence-corrected chi connectivity index (χ3v) is 3.74. The van der Waals surface area contributed by atoms with E-state index < -0.39 is 5.60 Å². The first-order valence-electron chi connectivity index (χ1n) is 6.15. The number of para-hydroxylation sites is 1. The van der Waals surface area contributed by atoms with E-state index in [0.717, 1.165) is 30.5 Å². The average Bonchev–Trinajstić information content (AvgIpc) is 2.51. The zero-order valence-corrected chi connectivity index (χ0v) is 10.2. The number of carbonyl (C=O) groups is 1. The van der Waals surface area contributed by atoms with Gasteiger partial charge < -0.3 is 10.1 Å². The lowest BCUT2D eigenvalue weighted by Gasteiger charge is -2.41. The van der Waals surface area contributed by atoms with E-state index in [-0.39, 0.29) is 11.5 Å². The first kappa shape index (κ1) is 10.8. The van der Waals surface area contributed by atoms with Crippen molar-refractivity contribution >= 4 is 11.6 Å². The average molecular weight is 231 g/mol. The molecule has 1 N–H and O–H groups in total. The van der Waals surface area contributed by atoms with Crippen molar-refractivity contribution in [2.75, 3.05) is 5.32 Å². The maximum Gasteiger partial charge on any atom is 0.261 e. The summed E-state index contributed by atoms with van der Waals surface area (Å²) in [7, 11) is 0. The summed E-state index contributed by atoms with van der Waals surface area (Å²) in [4.78, 5) is 12.3. The molecule has 1 unspecified atom stereocenters. The van der Waals surface area contributed by atoms with E-state index in [2.05, 4.69) is 19.2 Å². The largest absolute Gasteiger partial charge is 0.354 e. The second-order valence-electron chi connectivity index (χ2n) is 5.54. The highest BCUT2D eigenvalue weighted by Crippen LogP contribution is 2.48. The topological polar surface area (TPSA) is 38.3 Å². The second kappa shape index (κ2) is 3.33. The number of carbonyl (C=O) groups excluding carboxylic acids is 1. The van der Waals surface area contributed by atoms with Crippen molar-refractivity contribution < 1.29 is 9.53 Å². The predicted octanol–water partition coefficient (Wildman–Crippen LogP) is 2.81. The normalized spacial score (nSPS) is 30.1. The summed E-state index contributed by atoms with van der Waals surface area (Å²) in [5.74, 6) is -0.00789. The van der Waals surface area contributed by atoms with Crippen LogP contribution >= 0.6 is 0 Å². The van der Waals surface area contributed by atoms with Crippen LogP contribution in [0.2, 0.25) is 0 Å². The number of nitrogens with one attached hydrogen (secondary N) is 1. The van der Waals surface area contributed by atoms with E-state index in [4.69, 9.17) is 4.74 Å². The van der Waals surface area contributed by atoms with Crippen molar-refractivity contribution in [3.8, 4) is 0 Å². The van der Waals surface area contributed by atoms with Crippen LogP contribution in [0.25, 0.3) is 0 Å². The molecule has 1 aromatic carbocycles. The molecule has 17 heavy (non-hydrogen) atoms. The molecule has 3 heteroatoms. The zero-order valence-electron chi connectivity index (χ0n) is 10.2. The standard InChI is InChI=1S/C14H17NO2/c1-13(2)8-5-9-14(17-13)10-6-3-4-7-11(10)15-12(14)16/h3-4,6-7H,5,8-9H2,1-2H3,(H,15,16). The van der Waals surface area contributed by atoms with Crippen molar-refractivity contribution in [3.05, 3.63) is 29.8 Å². The molecule has 1 spiro atoms. The van der Waals surface area contributed by atoms with Crippen molar-refractivity contribution in [1.82, 2.24) is 0 Å². The van der Waals surface area contributed by atoms with Gasteiger partial charge in [-0.15, -0.1) is 0 Å². The fraction of sp³-hybridized carbons (Fsp3) is 0.500. The Morgan fingerprint density at radius 3 is 2.76 bits per heavy atom. The van der Waals surface area contributed by atoms with Crippen molar-refractivity contribution in [2.24, 2.45) is 0 Å². The van der Waals surface area contributed by atoms with E-state index in [9.17, 15) is 4.79 Å². The summed E-state index contributed by atoms with van der Waals surface area (Å²) in [6.45, 7) is 4.12. The van der Waals surface area contributed by atoms with Gasteiger partial charge in [-0.3, -0.25) is 4.79 Å². The molecule has 90 valence electrons. The van der Waals surface area contributed by atoms with Crippen LogP contribution in [-0.4, -0.2) is 11.5 Å². The van der Waals surface area contributed by atoms with Gasteiger partial charge >= 0.3 is 0 Å². The van der Waals surface area contributed by atoms with Crippen molar-refractivity contribution in [3.63, 3.8) is 0 Å². The number of amides is 1. The van der Waals surface area contributed by atoms with Crippen LogP contribution in [0.15, 0.2) is 24.3 Å². The lowest BCUT2D eigenvalue weighted by atomic mass is 9.83. The third-order valence-electron chi connectivity index (χ3n) is 3.74. The lowest BCUT2D eigenvalue weighted by molar-refractivity contribution is -0.185. The Balaban J connectivity index is 2.10. The van der Waals surface area contributed by atoms with Crippen molar-refractivity contribution in [1.29, 1.82) is 0 Å². The van der Waals surface area contributed by atoms with E-state index >= 15 is 0 Å². The maximum atomic E-state index is 12.3. The fourth-order valence-corrected chi connectivity index (χ4v) is 2.98. The van der Waals surface area contributed by atoms with Gasteiger partial charge in [0.05, 0.1) is 5.60 Å². The number of rotatable bonds is 0. The number of fused-ring (bicyclic) bond motifs is 2. The van der Waals surface area contributed by atoms with Crippen LogP contribution in [0, 0.1) is 0 Å². The quantitative estimate of drug-likeness (QED) is 0.745. The minimum absolute atomic E-state index is 0.00789. The SMILES string of the molecule is CC1(C)CCCC2(O1)C(=O)Nc1ccccc12. The van der Waals surface area contributed by atoms with Gasteiger partial charge in [0, 0.05) is 11.3 Å². The minimum atomic E-state index is -0.752. The molecular weight excluding hydrogens is 214 g/mol. The highest BCUT2D eigenvalue weighted by molar-refractivity contribution is 6.05. The monoisotopic (exact) mass is 231 g/mol. The first-order chi connectivity index (χ1) is 8.04. The predicted molar refractivity (Wildman–Crippen MR) is 65.8 cm³/mol. The van der Waals surface area contributed by atoms with Gasteiger partial charge in [0.25, 0.3) is 5.91 Å². The van der Waals surface area contributed by atoms with Gasteiger partial charge in [-0.1, -0.05) is 18.2 Å². The molecule has 0 aromatic heterocycles. The molecule has 1 saturated heterocycles. The molecule has 0 radical (unpaired) electrons. The summed E-state index contributed by atoms with van der Waals surface area (Å²) < 4.78 is 6.15. The molecule has 1 atom stereocenters. The zero-order chi connectivity index (χ0) is 12.1. The summed E-state index contributed by atoms with van der Waals surface area (Å²) in [5, 5.41) is 2.93. The van der Waals surface area contributed by atoms with Gasteiger partial charge in [-0.25, -0.2) is 0 Å². The highest BCUT2D eigenvalue weighted by atomic mass is 16.5. The van der Waals surface area contributed by atoms with Crippen LogP contribution in [-0.2, 0) is 15.1 Å². The molecule has 2 aliphatic heterocycles.